The summed E-state index contributed by atoms with van der Waals surface area (Å²) in [5.41, 5.74) is 5.02. The van der Waals surface area contributed by atoms with Crippen LogP contribution in [-0.4, -0.2) is 43.6 Å². The fourth-order valence-electron chi connectivity index (χ4n) is 3.13. The van der Waals surface area contributed by atoms with Crippen molar-refractivity contribution in [3.05, 3.63) is 59.2 Å². The number of amides is 1. The molecular weight excluding hydrogens is 312 g/mol. The van der Waals surface area contributed by atoms with Crippen LogP contribution in [0.4, 0.5) is 5.69 Å². The maximum Gasteiger partial charge on any atom is 0.260 e. The summed E-state index contributed by atoms with van der Waals surface area (Å²) in [5, 5.41) is 0. The Kier molecular flexibility index (Phi) is 5.27. The number of carbonyl (C=O) groups excluding carboxylic acids is 1. The van der Waals surface area contributed by atoms with Gasteiger partial charge in [-0.05, 0) is 50.1 Å². The Morgan fingerprint density at radius 1 is 0.920 bits per heavy atom. The van der Waals surface area contributed by atoms with E-state index in [1.54, 1.807) is 0 Å². The fourth-order valence-corrected chi connectivity index (χ4v) is 3.13. The van der Waals surface area contributed by atoms with E-state index in [0.717, 1.165) is 31.9 Å². The second-order valence-electron chi connectivity index (χ2n) is 6.76. The van der Waals surface area contributed by atoms with Crippen LogP contribution in [0.2, 0.25) is 0 Å². The molecule has 132 valence electrons. The maximum atomic E-state index is 12.4. The first-order valence-corrected chi connectivity index (χ1v) is 8.82. The monoisotopic (exact) mass is 338 g/mol. The number of nitrogens with zero attached hydrogens (tertiary/aromatic N) is 2. The Bertz CT molecular complexity index is 732. The van der Waals surface area contributed by atoms with Gasteiger partial charge >= 0.3 is 0 Å². The molecule has 2 aromatic rings. The molecule has 1 fully saturated rings. The Morgan fingerprint density at radius 2 is 1.56 bits per heavy atom. The molecular formula is C21H26N2O2. The van der Waals surface area contributed by atoms with Crippen LogP contribution < -0.4 is 9.64 Å². The van der Waals surface area contributed by atoms with Crippen LogP contribution >= 0.6 is 0 Å². The highest BCUT2D eigenvalue weighted by atomic mass is 16.5. The predicted molar refractivity (Wildman–Crippen MR) is 101 cm³/mol. The van der Waals surface area contributed by atoms with Crippen molar-refractivity contribution in [2.45, 2.75) is 20.8 Å². The first kappa shape index (κ1) is 17.3. The first-order chi connectivity index (χ1) is 12.0. The average molecular weight is 338 g/mol. The van der Waals surface area contributed by atoms with Gasteiger partial charge in [0.15, 0.2) is 6.61 Å². The normalized spacial score (nSPS) is 14.5. The van der Waals surface area contributed by atoms with E-state index >= 15 is 0 Å². The Balaban J connectivity index is 1.52. The molecule has 0 atom stereocenters. The summed E-state index contributed by atoms with van der Waals surface area (Å²) in [6, 6.07) is 14.3. The van der Waals surface area contributed by atoms with Gasteiger partial charge in [0.2, 0.25) is 0 Å². The van der Waals surface area contributed by atoms with E-state index in [1.165, 1.54) is 22.4 Å². The van der Waals surface area contributed by atoms with Crippen LogP contribution in [0, 0.1) is 20.8 Å². The van der Waals surface area contributed by atoms with E-state index in [0.29, 0.717) is 0 Å². The van der Waals surface area contributed by atoms with Crippen LogP contribution in [0.1, 0.15) is 16.7 Å². The molecule has 2 aromatic carbocycles. The lowest BCUT2D eigenvalue weighted by atomic mass is 10.1. The van der Waals surface area contributed by atoms with Gasteiger partial charge in [-0.2, -0.15) is 0 Å². The zero-order chi connectivity index (χ0) is 17.8. The minimum absolute atomic E-state index is 0.0567. The van der Waals surface area contributed by atoms with Gasteiger partial charge in [0.1, 0.15) is 5.75 Å². The molecule has 4 nitrogen and oxygen atoms in total. The number of rotatable bonds is 4. The quantitative estimate of drug-likeness (QED) is 0.857. The highest BCUT2D eigenvalue weighted by Gasteiger charge is 2.22. The lowest BCUT2D eigenvalue weighted by Gasteiger charge is -2.37. The van der Waals surface area contributed by atoms with Crippen LogP contribution in [0.25, 0.3) is 0 Å². The molecule has 0 N–H and O–H groups in total. The smallest absolute Gasteiger partial charge is 0.260 e. The number of anilines is 1. The van der Waals surface area contributed by atoms with E-state index in [-0.39, 0.29) is 12.5 Å². The minimum Gasteiger partial charge on any atom is -0.484 e. The molecule has 0 bridgehead atoms. The first-order valence-electron chi connectivity index (χ1n) is 8.82. The van der Waals surface area contributed by atoms with E-state index in [2.05, 4.69) is 36.9 Å². The van der Waals surface area contributed by atoms with E-state index in [9.17, 15) is 4.79 Å². The molecule has 0 saturated carbocycles. The Labute approximate surface area is 150 Å². The molecule has 3 rings (SSSR count). The van der Waals surface area contributed by atoms with Gasteiger partial charge in [-0.3, -0.25) is 4.79 Å². The second kappa shape index (κ2) is 7.60. The largest absolute Gasteiger partial charge is 0.484 e. The fraction of sp³-hybridized carbons (Fsp3) is 0.381. The number of benzene rings is 2. The van der Waals surface area contributed by atoms with Crippen molar-refractivity contribution in [2.24, 2.45) is 0 Å². The van der Waals surface area contributed by atoms with Gasteiger partial charge in [0.05, 0.1) is 0 Å². The van der Waals surface area contributed by atoms with Crippen LogP contribution in [-0.2, 0) is 4.79 Å². The van der Waals surface area contributed by atoms with Gasteiger partial charge in [0.25, 0.3) is 5.91 Å². The number of hydrogen-bond donors (Lipinski definition) is 0. The SMILES string of the molecule is Cc1ccc(OCC(=O)N2CCN(c3cc(C)ccc3C)CC2)cc1. The molecule has 1 aliphatic rings. The van der Waals surface area contributed by atoms with Crippen molar-refractivity contribution in [2.75, 3.05) is 37.7 Å². The van der Waals surface area contributed by atoms with Crippen LogP contribution in [0.15, 0.2) is 42.5 Å². The van der Waals surface area contributed by atoms with Gasteiger partial charge in [-0.25, -0.2) is 0 Å². The number of carbonyl (C=O) groups is 1. The third kappa shape index (κ3) is 4.32. The second-order valence-corrected chi connectivity index (χ2v) is 6.76. The molecule has 1 heterocycles. The molecule has 4 heteroatoms. The standard InChI is InChI=1S/C21H26N2O2/c1-16-5-8-19(9-6-16)25-15-21(24)23-12-10-22(11-13-23)20-14-17(2)4-7-18(20)3/h4-9,14H,10-13,15H2,1-3H3. The van der Waals surface area contributed by atoms with Gasteiger partial charge in [-0.15, -0.1) is 0 Å². The van der Waals surface area contributed by atoms with Crippen molar-refractivity contribution >= 4 is 11.6 Å². The molecule has 0 unspecified atom stereocenters. The highest BCUT2D eigenvalue weighted by molar-refractivity contribution is 5.78. The molecule has 0 spiro atoms. The lowest BCUT2D eigenvalue weighted by Crippen LogP contribution is -2.50. The van der Waals surface area contributed by atoms with Crippen molar-refractivity contribution in [3.63, 3.8) is 0 Å². The van der Waals surface area contributed by atoms with Gasteiger partial charge < -0.3 is 14.5 Å². The molecule has 0 radical (unpaired) electrons. The van der Waals surface area contributed by atoms with Crippen molar-refractivity contribution in [3.8, 4) is 5.75 Å². The molecule has 25 heavy (non-hydrogen) atoms. The number of aryl methyl sites for hydroxylation is 3. The van der Waals surface area contributed by atoms with Crippen molar-refractivity contribution in [1.29, 1.82) is 0 Å². The Hall–Kier alpha value is -2.49. The molecule has 1 aliphatic heterocycles. The molecule has 1 amide bonds. The summed E-state index contributed by atoms with van der Waals surface area (Å²) >= 11 is 0. The third-order valence-electron chi connectivity index (χ3n) is 4.72. The summed E-state index contributed by atoms with van der Waals surface area (Å²) in [4.78, 5) is 16.7. The number of hydrogen-bond acceptors (Lipinski definition) is 3. The zero-order valence-corrected chi connectivity index (χ0v) is 15.3. The maximum absolute atomic E-state index is 12.4. The number of ether oxygens (including phenoxy) is 1. The van der Waals surface area contributed by atoms with Crippen LogP contribution in [0.3, 0.4) is 0 Å². The van der Waals surface area contributed by atoms with Crippen molar-refractivity contribution in [1.82, 2.24) is 4.90 Å². The Morgan fingerprint density at radius 3 is 2.24 bits per heavy atom. The molecule has 0 aliphatic carbocycles. The summed E-state index contributed by atoms with van der Waals surface area (Å²) in [5.74, 6) is 0.800. The number of piperazine rings is 1. The predicted octanol–water partition coefficient (Wildman–Crippen LogP) is 3.34. The molecule has 0 aromatic heterocycles. The summed E-state index contributed by atoms with van der Waals surface area (Å²) in [6.45, 7) is 9.60. The van der Waals surface area contributed by atoms with Gasteiger partial charge in [-0.1, -0.05) is 29.8 Å². The van der Waals surface area contributed by atoms with Crippen LogP contribution in [0.5, 0.6) is 5.75 Å². The zero-order valence-electron chi connectivity index (χ0n) is 15.3. The van der Waals surface area contributed by atoms with Crippen molar-refractivity contribution < 1.29 is 9.53 Å². The highest BCUT2D eigenvalue weighted by Crippen LogP contribution is 2.23. The van der Waals surface area contributed by atoms with E-state index in [4.69, 9.17) is 4.74 Å². The summed E-state index contributed by atoms with van der Waals surface area (Å²) < 4.78 is 5.62. The lowest BCUT2D eigenvalue weighted by molar-refractivity contribution is -0.133. The third-order valence-corrected chi connectivity index (χ3v) is 4.72. The topological polar surface area (TPSA) is 32.8 Å². The van der Waals surface area contributed by atoms with E-state index in [1.807, 2.05) is 36.1 Å². The summed E-state index contributed by atoms with van der Waals surface area (Å²) in [6.07, 6.45) is 0. The van der Waals surface area contributed by atoms with E-state index < -0.39 is 0 Å². The van der Waals surface area contributed by atoms with Gasteiger partial charge in [0, 0.05) is 31.9 Å². The summed E-state index contributed by atoms with van der Waals surface area (Å²) in [7, 11) is 0. The average Bonchev–Trinajstić information content (AvgIpc) is 2.63. The minimum atomic E-state index is 0.0567. The molecule has 1 saturated heterocycles.